The molecule has 128 valence electrons. The van der Waals surface area contributed by atoms with Crippen molar-refractivity contribution in [3.63, 3.8) is 0 Å². The Morgan fingerprint density at radius 3 is 1.48 bits per heavy atom. The van der Waals surface area contributed by atoms with Crippen molar-refractivity contribution < 1.29 is 0 Å². The lowest BCUT2D eigenvalue weighted by molar-refractivity contribution is 0.546. The molecule has 0 rings (SSSR count). The summed E-state index contributed by atoms with van der Waals surface area (Å²) < 4.78 is 0. The van der Waals surface area contributed by atoms with Gasteiger partial charge in [0.15, 0.2) is 0 Å². The molecule has 2 N–H and O–H groups in total. The van der Waals surface area contributed by atoms with Crippen LogP contribution < -0.4 is 5.73 Å². The van der Waals surface area contributed by atoms with Crippen LogP contribution in [-0.2, 0) is 0 Å². The quantitative estimate of drug-likeness (QED) is 0.172. The largest absolute Gasteiger partial charge is 0.329 e. The number of alkyl halides is 4. The first kappa shape index (κ1) is 22.9. The van der Waals surface area contributed by atoms with Crippen LogP contribution >= 0.6 is 63.7 Å². The third-order valence-corrected chi connectivity index (χ3v) is 9.01. The van der Waals surface area contributed by atoms with Crippen LogP contribution in [0.3, 0.4) is 0 Å². The molecule has 0 aliphatic rings. The topological polar surface area (TPSA) is 26.0 Å². The van der Waals surface area contributed by atoms with Crippen LogP contribution in [0.4, 0.5) is 0 Å². The monoisotopic (exact) mass is 553 g/mol. The van der Waals surface area contributed by atoms with Crippen molar-refractivity contribution in [3.8, 4) is 0 Å². The minimum atomic E-state index is 0.353. The molecule has 3 atom stereocenters. The second kappa shape index (κ2) is 16.7. The normalized spacial score (nSPS) is 15.9. The van der Waals surface area contributed by atoms with Gasteiger partial charge >= 0.3 is 0 Å². The molecule has 1 nitrogen and oxygen atoms in total. The molecule has 3 unspecified atom stereocenters. The molecule has 0 spiro atoms. The Bertz CT molecular complexity index is 216. The van der Waals surface area contributed by atoms with Gasteiger partial charge in [0.05, 0.1) is 0 Å². The van der Waals surface area contributed by atoms with E-state index in [2.05, 4.69) is 63.7 Å². The Labute approximate surface area is 165 Å². The first-order valence-electron chi connectivity index (χ1n) is 8.31. The standard InChI is InChI=1S/C16H31Br4N/c17-12-10-8-6-4-2-1-3-5-7-9-11-14(18)16(20)15(19)13-21/h14-16H,1-13,21H2. The number of nitrogens with two attached hydrogens (primary N) is 1. The minimum Gasteiger partial charge on any atom is -0.329 e. The van der Waals surface area contributed by atoms with Gasteiger partial charge in [-0.1, -0.05) is 122 Å². The molecule has 0 aromatic carbocycles. The van der Waals surface area contributed by atoms with Gasteiger partial charge in [0, 0.05) is 26.4 Å². The van der Waals surface area contributed by atoms with E-state index >= 15 is 0 Å². The molecule has 0 amide bonds. The van der Waals surface area contributed by atoms with Crippen molar-refractivity contribution in [1.29, 1.82) is 0 Å². The average Bonchev–Trinajstić information content (AvgIpc) is 2.50. The molecular weight excluding hydrogens is 526 g/mol. The summed E-state index contributed by atoms with van der Waals surface area (Å²) in [5.74, 6) is 0. The fourth-order valence-corrected chi connectivity index (χ4v) is 4.71. The molecule has 0 aromatic rings. The summed E-state index contributed by atoms with van der Waals surface area (Å²) in [6, 6.07) is 0. The van der Waals surface area contributed by atoms with E-state index < -0.39 is 0 Å². The highest BCUT2D eigenvalue weighted by Crippen LogP contribution is 2.26. The number of unbranched alkanes of at least 4 members (excludes halogenated alkanes) is 9. The fourth-order valence-electron chi connectivity index (χ4n) is 2.36. The summed E-state index contributed by atoms with van der Waals surface area (Å²) in [4.78, 5) is 1.29. The van der Waals surface area contributed by atoms with Crippen molar-refractivity contribution in [2.75, 3.05) is 11.9 Å². The molecule has 0 aliphatic heterocycles. The van der Waals surface area contributed by atoms with Crippen LogP contribution in [0.5, 0.6) is 0 Å². The van der Waals surface area contributed by atoms with Crippen LogP contribution in [0, 0.1) is 0 Å². The van der Waals surface area contributed by atoms with Crippen molar-refractivity contribution in [2.45, 2.75) is 85.1 Å². The Morgan fingerprint density at radius 2 is 1.05 bits per heavy atom. The molecule has 0 heterocycles. The molecule has 0 saturated heterocycles. The third-order valence-electron chi connectivity index (χ3n) is 3.78. The summed E-state index contributed by atoms with van der Waals surface area (Å²) in [5, 5.41) is 1.16. The molecule has 5 heteroatoms. The molecular formula is C16H31Br4N. The predicted molar refractivity (Wildman–Crippen MR) is 112 cm³/mol. The fraction of sp³-hybridized carbons (Fsp3) is 1.00. The lowest BCUT2D eigenvalue weighted by Crippen LogP contribution is -2.30. The molecule has 21 heavy (non-hydrogen) atoms. The van der Waals surface area contributed by atoms with E-state index in [-0.39, 0.29) is 0 Å². The highest BCUT2D eigenvalue weighted by molar-refractivity contribution is 9.13. The van der Waals surface area contributed by atoms with Crippen LogP contribution in [-0.4, -0.2) is 26.4 Å². The second-order valence-corrected chi connectivity index (χ2v) is 9.93. The summed E-state index contributed by atoms with van der Waals surface area (Å²) >= 11 is 14.6. The van der Waals surface area contributed by atoms with Crippen LogP contribution in [0.15, 0.2) is 0 Å². The summed E-state index contributed by atoms with van der Waals surface area (Å²) in [6.45, 7) is 0.674. The van der Waals surface area contributed by atoms with Crippen LogP contribution in [0.25, 0.3) is 0 Å². The molecule has 0 fully saturated rings. The van der Waals surface area contributed by atoms with E-state index in [1.165, 1.54) is 70.6 Å². The second-order valence-electron chi connectivity index (χ2n) is 5.73. The number of halogens is 4. The maximum atomic E-state index is 5.67. The summed E-state index contributed by atoms with van der Waals surface area (Å²) in [7, 11) is 0. The Morgan fingerprint density at radius 1 is 0.619 bits per heavy atom. The third kappa shape index (κ3) is 14.0. The van der Waals surface area contributed by atoms with Gasteiger partial charge < -0.3 is 5.73 Å². The SMILES string of the molecule is NCC(Br)C(Br)C(Br)CCCCCCCCCCCCBr. The Balaban J connectivity index is 3.28. The van der Waals surface area contributed by atoms with E-state index in [1.54, 1.807) is 0 Å². The Kier molecular flexibility index (Phi) is 18.2. The van der Waals surface area contributed by atoms with Gasteiger partial charge in [-0.05, 0) is 12.8 Å². The summed E-state index contributed by atoms with van der Waals surface area (Å²) in [5.41, 5.74) is 5.67. The maximum absolute atomic E-state index is 5.67. The molecule has 0 bridgehead atoms. The van der Waals surface area contributed by atoms with E-state index in [1.807, 2.05) is 0 Å². The van der Waals surface area contributed by atoms with Crippen LogP contribution in [0.1, 0.15) is 70.6 Å². The van der Waals surface area contributed by atoms with Gasteiger partial charge in [-0.3, -0.25) is 0 Å². The van der Waals surface area contributed by atoms with Crippen molar-refractivity contribution in [1.82, 2.24) is 0 Å². The van der Waals surface area contributed by atoms with E-state index in [9.17, 15) is 0 Å². The van der Waals surface area contributed by atoms with Crippen molar-refractivity contribution >= 4 is 63.7 Å². The average molecular weight is 557 g/mol. The van der Waals surface area contributed by atoms with Gasteiger partial charge in [-0.25, -0.2) is 0 Å². The highest BCUT2D eigenvalue weighted by atomic mass is 79.9. The minimum absolute atomic E-state index is 0.353. The van der Waals surface area contributed by atoms with Gasteiger partial charge in [-0.2, -0.15) is 0 Å². The lowest BCUT2D eigenvalue weighted by atomic mass is 10.0. The maximum Gasteiger partial charge on any atom is 0.0408 e. The van der Waals surface area contributed by atoms with E-state index in [4.69, 9.17) is 5.73 Å². The van der Waals surface area contributed by atoms with Gasteiger partial charge in [-0.15, -0.1) is 0 Å². The van der Waals surface area contributed by atoms with Gasteiger partial charge in [0.25, 0.3) is 0 Å². The zero-order valence-corrected chi connectivity index (χ0v) is 19.4. The lowest BCUT2D eigenvalue weighted by Gasteiger charge is -2.20. The highest BCUT2D eigenvalue weighted by Gasteiger charge is 2.21. The number of hydrogen-bond acceptors (Lipinski definition) is 1. The van der Waals surface area contributed by atoms with Crippen molar-refractivity contribution in [3.05, 3.63) is 0 Å². The Hall–Kier alpha value is 1.88. The zero-order valence-electron chi connectivity index (χ0n) is 13.0. The first-order valence-corrected chi connectivity index (χ1v) is 12.2. The van der Waals surface area contributed by atoms with Crippen molar-refractivity contribution in [2.24, 2.45) is 5.73 Å². The van der Waals surface area contributed by atoms with E-state index in [0.717, 1.165) is 5.33 Å². The predicted octanol–water partition coefficient (Wildman–Crippen LogP) is 6.92. The smallest absolute Gasteiger partial charge is 0.0408 e. The number of hydrogen-bond donors (Lipinski definition) is 1. The molecule has 0 radical (unpaired) electrons. The van der Waals surface area contributed by atoms with Gasteiger partial charge in [0.2, 0.25) is 0 Å². The number of rotatable bonds is 15. The molecule has 0 aliphatic carbocycles. The summed E-state index contributed by atoms with van der Waals surface area (Å²) in [6.07, 6.45) is 15.1. The molecule has 0 saturated carbocycles. The molecule has 0 aromatic heterocycles. The zero-order chi connectivity index (χ0) is 15.9. The van der Waals surface area contributed by atoms with Gasteiger partial charge in [0.1, 0.15) is 0 Å². The first-order chi connectivity index (χ1) is 10.1. The van der Waals surface area contributed by atoms with E-state index in [0.29, 0.717) is 21.0 Å². The van der Waals surface area contributed by atoms with Crippen LogP contribution in [0.2, 0.25) is 0 Å².